The van der Waals surface area contributed by atoms with Gasteiger partial charge in [0.25, 0.3) is 0 Å². The van der Waals surface area contributed by atoms with Gasteiger partial charge in [0.15, 0.2) is 0 Å². The largest absolute Gasteiger partial charge is 0.345 e. The molecule has 2 aromatic rings. The molecule has 1 aliphatic rings. The van der Waals surface area contributed by atoms with Crippen molar-refractivity contribution in [1.29, 1.82) is 0 Å². The zero-order valence-electron chi connectivity index (χ0n) is 13.8. The Morgan fingerprint density at radius 1 is 1.12 bits per heavy atom. The van der Waals surface area contributed by atoms with E-state index in [1.807, 2.05) is 30.3 Å². The monoisotopic (exact) mass is 386 g/mol. The first-order valence-corrected chi connectivity index (χ1v) is 9.27. The van der Waals surface area contributed by atoms with E-state index in [-0.39, 0.29) is 17.9 Å². The normalized spacial score (nSPS) is 21.9. The summed E-state index contributed by atoms with van der Waals surface area (Å²) in [5, 5.41) is 6.68. The van der Waals surface area contributed by atoms with Crippen LogP contribution < -0.4 is 10.6 Å². The Labute approximate surface area is 152 Å². The van der Waals surface area contributed by atoms with E-state index < -0.39 is 0 Å². The molecule has 1 unspecified atom stereocenters. The first kappa shape index (κ1) is 17.2. The molecule has 0 bridgehead atoms. The Bertz CT molecular complexity index is 672. The third-order valence-electron chi connectivity index (χ3n) is 4.62. The van der Waals surface area contributed by atoms with Crippen LogP contribution in [0.2, 0.25) is 0 Å². The Balaban J connectivity index is 1.82. The van der Waals surface area contributed by atoms with Crippen molar-refractivity contribution in [1.82, 2.24) is 10.6 Å². The molecule has 0 aromatic heterocycles. The van der Waals surface area contributed by atoms with Gasteiger partial charge in [-0.25, -0.2) is 0 Å². The number of benzene rings is 2. The molecule has 2 aromatic carbocycles. The number of halogens is 1. The fraction of sp³-hybridized carbons (Fsp3) is 0.350. The van der Waals surface area contributed by atoms with Crippen LogP contribution in [0.15, 0.2) is 59.1 Å². The number of carbonyl (C=O) groups excluding carboxylic acids is 1. The predicted molar refractivity (Wildman–Crippen MR) is 101 cm³/mol. The maximum Gasteiger partial charge on any atom is 0.223 e. The molecule has 0 spiro atoms. The van der Waals surface area contributed by atoms with E-state index in [0.717, 1.165) is 35.0 Å². The summed E-state index contributed by atoms with van der Waals surface area (Å²) in [7, 11) is 0. The molecule has 0 aliphatic carbocycles. The van der Waals surface area contributed by atoms with Gasteiger partial charge in [0.05, 0.1) is 6.04 Å². The number of hydrogen-bond donors (Lipinski definition) is 2. The maximum atomic E-state index is 12.8. The number of hydrogen-bond acceptors (Lipinski definition) is 2. The minimum atomic E-state index is -0.114. The molecule has 1 amide bonds. The highest BCUT2D eigenvalue weighted by molar-refractivity contribution is 9.10. The van der Waals surface area contributed by atoms with Gasteiger partial charge in [-0.3, -0.25) is 4.79 Å². The van der Waals surface area contributed by atoms with E-state index in [9.17, 15) is 4.79 Å². The summed E-state index contributed by atoms with van der Waals surface area (Å²) >= 11 is 3.48. The van der Waals surface area contributed by atoms with E-state index >= 15 is 0 Å². The first-order chi connectivity index (χ1) is 11.6. The van der Waals surface area contributed by atoms with Crippen LogP contribution in [0.4, 0.5) is 0 Å². The number of rotatable bonds is 4. The number of nitrogens with one attached hydrogen (secondary N) is 2. The lowest BCUT2D eigenvalue weighted by atomic mass is 9.91. The van der Waals surface area contributed by atoms with Crippen molar-refractivity contribution in [2.24, 2.45) is 5.92 Å². The molecule has 4 heteroatoms. The van der Waals surface area contributed by atoms with Crippen LogP contribution >= 0.6 is 15.9 Å². The third-order valence-corrected chi connectivity index (χ3v) is 5.15. The smallest absolute Gasteiger partial charge is 0.223 e. The van der Waals surface area contributed by atoms with Crippen molar-refractivity contribution in [3.05, 3.63) is 70.2 Å². The fourth-order valence-electron chi connectivity index (χ4n) is 3.29. The van der Waals surface area contributed by atoms with Gasteiger partial charge in [-0.15, -0.1) is 0 Å². The lowest BCUT2D eigenvalue weighted by molar-refractivity contribution is -0.126. The van der Waals surface area contributed by atoms with Crippen LogP contribution in [0.5, 0.6) is 0 Å². The lowest BCUT2D eigenvalue weighted by Gasteiger charge is -2.29. The second-order valence-electron chi connectivity index (χ2n) is 6.48. The predicted octanol–water partition coefficient (Wildman–Crippen LogP) is 4.04. The average Bonchev–Trinajstić information content (AvgIpc) is 2.61. The van der Waals surface area contributed by atoms with E-state index in [4.69, 9.17) is 0 Å². The van der Waals surface area contributed by atoms with Crippen molar-refractivity contribution in [2.45, 2.75) is 31.8 Å². The Hall–Kier alpha value is -1.65. The van der Waals surface area contributed by atoms with E-state index in [1.165, 1.54) is 0 Å². The number of amides is 1. The number of carbonyl (C=O) groups is 1. The van der Waals surface area contributed by atoms with E-state index in [0.29, 0.717) is 6.04 Å². The Morgan fingerprint density at radius 3 is 2.46 bits per heavy atom. The summed E-state index contributed by atoms with van der Waals surface area (Å²) in [5.74, 6) is 0.239. The molecular formula is C20H23BrN2O. The topological polar surface area (TPSA) is 41.1 Å². The van der Waals surface area contributed by atoms with Crippen LogP contribution in [-0.2, 0) is 4.79 Å². The molecular weight excluding hydrogens is 364 g/mol. The van der Waals surface area contributed by atoms with Gasteiger partial charge < -0.3 is 10.6 Å². The van der Waals surface area contributed by atoms with E-state index in [2.05, 4.69) is 57.8 Å². The van der Waals surface area contributed by atoms with Gasteiger partial charge in [0.1, 0.15) is 0 Å². The zero-order valence-corrected chi connectivity index (χ0v) is 15.4. The standard InChI is InChI=1S/C20H23BrN2O/c1-14-13-17(11-12-22-14)20(24)23-19(15-5-3-2-4-6-15)16-7-9-18(21)10-8-16/h2-10,14,17,19,22H,11-13H2,1H3,(H,23,24)/t14-,17-,19?/m0/s1. The molecule has 126 valence electrons. The summed E-state index contributed by atoms with van der Waals surface area (Å²) in [6.07, 6.45) is 1.80. The highest BCUT2D eigenvalue weighted by Gasteiger charge is 2.27. The zero-order chi connectivity index (χ0) is 16.9. The summed E-state index contributed by atoms with van der Waals surface area (Å²) in [5.41, 5.74) is 2.20. The van der Waals surface area contributed by atoms with Gasteiger partial charge >= 0.3 is 0 Å². The molecule has 1 fully saturated rings. The minimum absolute atomic E-state index is 0.0860. The van der Waals surface area contributed by atoms with Gasteiger partial charge in [-0.05, 0) is 49.6 Å². The molecule has 2 N–H and O–H groups in total. The summed E-state index contributed by atoms with van der Waals surface area (Å²) in [4.78, 5) is 12.8. The highest BCUT2D eigenvalue weighted by atomic mass is 79.9. The van der Waals surface area contributed by atoms with Crippen LogP contribution in [0.1, 0.15) is 36.9 Å². The molecule has 1 aliphatic heterocycles. The van der Waals surface area contributed by atoms with Crippen molar-refractivity contribution >= 4 is 21.8 Å². The minimum Gasteiger partial charge on any atom is -0.345 e. The maximum absolute atomic E-state index is 12.8. The lowest BCUT2D eigenvalue weighted by Crippen LogP contribution is -2.43. The van der Waals surface area contributed by atoms with Crippen molar-refractivity contribution in [3.63, 3.8) is 0 Å². The second-order valence-corrected chi connectivity index (χ2v) is 7.40. The van der Waals surface area contributed by atoms with Crippen molar-refractivity contribution in [3.8, 4) is 0 Å². The van der Waals surface area contributed by atoms with Crippen molar-refractivity contribution in [2.75, 3.05) is 6.54 Å². The van der Waals surface area contributed by atoms with Gasteiger partial charge in [0, 0.05) is 16.4 Å². The molecule has 3 nitrogen and oxygen atoms in total. The first-order valence-electron chi connectivity index (χ1n) is 8.47. The van der Waals surface area contributed by atoms with E-state index in [1.54, 1.807) is 0 Å². The SMILES string of the molecule is C[C@H]1C[C@@H](C(=O)NC(c2ccccc2)c2ccc(Br)cc2)CCN1. The van der Waals surface area contributed by atoms with Crippen molar-refractivity contribution < 1.29 is 4.79 Å². The number of piperidine rings is 1. The summed E-state index contributed by atoms with van der Waals surface area (Å²) in [6, 6.07) is 18.6. The average molecular weight is 387 g/mol. The quantitative estimate of drug-likeness (QED) is 0.832. The van der Waals surface area contributed by atoms with Crippen LogP contribution in [0.3, 0.4) is 0 Å². The molecule has 1 saturated heterocycles. The van der Waals surface area contributed by atoms with Gasteiger partial charge in [-0.1, -0.05) is 58.4 Å². The van der Waals surface area contributed by atoms with Gasteiger partial charge in [0.2, 0.25) is 5.91 Å². The molecule has 24 heavy (non-hydrogen) atoms. The van der Waals surface area contributed by atoms with Crippen LogP contribution in [0.25, 0.3) is 0 Å². The van der Waals surface area contributed by atoms with Crippen LogP contribution in [-0.4, -0.2) is 18.5 Å². The third kappa shape index (κ3) is 4.25. The summed E-state index contributed by atoms with van der Waals surface area (Å²) in [6.45, 7) is 3.05. The van der Waals surface area contributed by atoms with Crippen LogP contribution in [0, 0.1) is 5.92 Å². The molecule has 0 radical (unpaired) electrons. The molecule has 3 atom stereocenters. The van der Waals surface area contributed by atoms with Gasteiger partial charge in [-0.2, -0.15) is 0 Å². The molecule has 3 rings (SSSR count). The fourth-order valence-corrected chi connectivity index (χ4v) is 3.55. The summed E-state index contributed by atoms with van der Waals surface area (Å²) < 4.78 is 1.04. The Morgan fingerprint density at radius 2 is 1.79 bits per heavy atom. The molecule has 0 saturated carbocycles. The second kappa shape index (κ2) is 7.95. The highest BCUT2D eigenvalue weighted by Crippen LogP contribution is 2.25. The Kier molecular flexibility index (Phi) is 5.69. The molecule has 1 heterocycles.